The quantitative estimate of drug-likeness (QED) is 0.670. The lowest BCUT2D eigenvalue weighted by molar-refractivity contribution is 0.0638. The molecule has 1 aliphatic rings. The summed E-state index contributed by atoms with van der Waals surface area (Å²) in [4.78, 5) is 20.9. The maximum Gasteiger partial charge on any atom is 0.257 e. The summed E-state index contributed by atoms with van der Waals surface area (Å²) in [5, 5.41) is 0.250. The third-order valence-corrected chi connectivity index (χ3v) is 5.31. The van der Waals surface area contributed by atoms with E-state index in [0.29, 0.717) is 18.7 Å². The van der Waals surface area contributed by atoms with Gasteiger partial charge in [0.25, 0.3) is 5.91 Å². The predicted molar refractivity (Wildman–Crippen MR) is 106 cm³/mol. The molecule has 1 amide bonds. The molecule has 0 saturated carbocycles. The zero-order valence-electron chi connectivity index (χ0n) is 14.6. The SMILES string of the molecule is COc1ccc(CCN2CCN(C(=O)c3cc(Br)cnc3Cl)CC2)cc1. The van der Waals surface area contributed by atoms with Crippen LogP contribution >= 0.6 is 27.5 Å². The summed E-state index contributed by atoms with van der Waals surface area (Å²) in [7, 11) is 1.67. The highest BCUT2D eigenvalue weighted by Gasteiger charge is 2.24. The Labute approximate surface area is 167 Å². The first-order valence-electron chi connectivity index (χ1n) is 8.52. The number of benzene rings is 1. The van der Waals surface area contributed by atoms with Crippen molar-refractivity contribution in [2.24, 2.45) is 0 Å². The number of pyridine rings is 1. The highest BCUT2D eigenvalue weighted by Crippen LogP contribution is 2.20. The van der Waals surface area contributed by atoms with Gasteiger partial charge >= 0.3 is 0 Å². The fourth-order valence-electron chi connectivity index (χ4n) is 3.00. The van der Waals surface area contributed by atoms with E-state index in [1.54, 1.807) is 19.4 Å². The normalized spacial score (nSPS) is 15.1. The smallest absolute Gasteiger partial charge is 0.257 e. The van der Waals surface area contributed by atoms with Gasteiger partial charge in [0.1, 0.15) is 10.9 Å². The zero-order valence-corrected chi connectivity index (χ0v) is 17.0. The number of halogens is 2. The molecule has 5 nitrogen and oxygen atoms in total. The van der Waals surface area contributed by atoms with Crippen LogP contribution in [-0.2, 0) is 6.42 Å². The van der Waals surface area contributed by atoms with Gasteiger partial charge in [0, 0.05) is 43.4 Å². The average Bonchev–Trinajstić information content (AvgIpc) is 2.68. The predicted octanol–water partition coefficient (Wildman–Crippen LogP) is 3.51. The van der Waals surface area contributed by atoms with Crippen molar-refractivity contribution in [2.45, 2.75) is 6.42 Å². The largest absolute Gasteiger partial charge is 0.497 e. The summed E-state index contributed by atoms with van der Waals surface area (Å²) < 4.78 is 5.94. The van der Waals surface area contributed by atoms with E-state index in [4.69, 9.17) is 16.3 Å². The number of aromatic nitrogens is 1. The van der Waals surface area contributed by atoms with E-state index in [2.05, 4.69) is 37.9 Å². The van der Waals surface area contributed by atoms with Crippen LogP contribution in [0.15, 0.2) is 41.0 Å². The van der Waals surface area contributed by atoms with Crippen molar-refractivity contribution >= 4 is 33.4 Å². The first-order valence-corrected chi connectivity index (χ1v) is 9.69. The number of hydrogen-bond donors (Lipinski definition) is 0. The monoisotopic (exact) mass is 437 g/mol. The van der Waals surface area contributed by atoms with Gasteiger partial charge in [-0.2, -0.15) is 0 Å². The van der Waals surface area contributed by atoms with E-state index >= 15 is 0 Å². The van der Waals surface area contributed by atoms with E-state index in [-0.39, 0.29) is 11.1 Å². The molecule has 0 unspecified atom stereocenters. The Bertz CT molecular complexity index is 762. The van der Waals surface area contributed by atoms with Crippen molar-refractivity contribution in [2.75, 3.05) is 39.8 Å². The number of piperazine rings is 1. The number of carbonyl (C=O) groups is 1. The fourth-order valence-corrected chi connectivity index (χ4v) is 3.51. The van der Waals surface area contributed by atoms with Crippen LogP contribution in [0.1, 0.15) is 15.9 Å². The highest BCUT2D eigenvalue weighted by atomic mass is 79.9. The molecule has 1 aromatic heterocycles. The third kappa shape index (κ3) is 4.75. The van der Waals surface area contributed by atoms with Crippen molar-refractivity contribution in [1.29, 1.82) is 0 Å². The number of amides is 1. The summed E-state index contributed by atoms with van der Waals surface area (Å²) in [6.07, 6.45) is 2.58. The Kier molecular flexibility index (Phi) is 6.51. The Morgan fingerprint density at radius 3 is 2.58 bits per heavy atom. The second kappa shape index (κ2) is 8.84. The molecule has 0 aliphatic carbocycles. The molecular weight excluding hydrogens is 418 g/mol. The number of rotatable bonds is 5. The molecule has 0 bridgehead atoms. The van der Waals surface area contributed by atoms with Crippen LogP contribution in [0.5, 0.6) is 5.75 Å². The van der Waals surface area contributed by atoms with Gasteiger partial charge in [-0.15, -0.1) is 0 Å². The lowest BCUT2D eigenvalue weighted by atomic mass is 10.1. The summed E-state index contributed by atoms with van der Waals surface area (Å²) in [5.41, 5.74) is 1.74. The molecule has 138 valence electrons. The molecule has 1 aromatic carbocycles. The number of carbonyl (C=O) groups excluding carboxylic acids is 1. The number of nitrogens with zero attached hydrogens (tertiary/aromatic N) is 3. The van der Waals surface area contributed by atoms with E-state index in [0.717, 1.165) is 36.3 Å². The Morgan fingerprint density at radius 2 is 1.92 bits per heavy atom. The van der Waals surface area contributed by atoms with Crippen molar-refractivity contribution < 1.29 is 9.53 Å². The molecule has 2 aromatic rings. The van der Waals surface area contributed by atoms with Crippen molar-refractivity contribution in [1.82, 2.24) is 14.8 Å². The van der Waals surface area contributed by atoms with Crippen molar-refractivity contribution in [3.8, 4) is 5.75 Å². The molecule has 0 atom stereocenters. The molecule has 0 radical (unpaired) electrons. The molecule has 0 N–H and O–H groups in total. The first-order chi connectivity index (χ1) is 12.6. The highest BCUT2D eigenvalue weighted by molar-refractivity contribution is 9.10. The van der Waals surface area contributed by atoms with Crippen LogP contribution in [0, 0.1) is 0 Å². The van der Waals surface area contributed by atoms with Gasteiger partial charge in [0.2, 0.25) is 0 Å². The van der Waals surface area contributed by atoms with Crippen LogP contribution in [0.25, 0.3) is 0 Å². The fraction of sp³-hybridized carbons (Fsp3) is 0.368. The van der Waals surface area contributed by atoms with Gasteiger partial charge in [0.15, 0.2) is 0 Å². The topological polar surface area (TPSA) is 45.7 Å². The molecule has 7 heteroatoms. The average molecular weight is 439 g/mol. The van der Waals surface area contributed by atoms with E-state index in [9.17, 15) is 4.79 Å². The molecule has 0 spiro atoms. The minimum absolute atomic E-state index is 0.0568. The summed E-state index contributed by atoms with van der Waals surface area (Å²) in [6, 6.07) is 9.90. The molecule has 1 saturated heterocycles. The number of ether oxygens (including phenoxy) is 1. The standard InChI is InChI=1S/C19H21BrClN3O2/c1-26-16-4-2-14(3-5-16)6-7-23-8-10-24(11-9-23)19(25)17-12-15(20)13-22-18(17)21/h2-5,12-13H,6-11H2,1H3. The molecule has 3 rings (SSSR count). The van der Waals surface area contributed by atoms with Gasteiger partial charge in [-0.3, -0.25) is 9.69 Å². The van der Waals surface area contributed by atoms with Crippen LogP contribution in [-0.4, -0.2) is 60.5 Å². The molecule has 26 heavy (non-hydrogen) atoms. The second-order valence-corrected chi connectivity index (χ2v) is 7.50. The Morgan fingerprint density at radius 1 is 1.23 bits per heavy atom. The van der Waals surface area contributed by atoms with Crippen molar-refractivity contribution in [3.05, 3.63) is 57.3 Å². The van der Waals surface area contributed by atoms with E-state index < -0.39 is 0 Å². The lowest BCUT2D eigenvalue weighted by Crippen LogP contribution is -2.49. The van der Waals surface area contributed by atoms with Gasteiger partial charge in [0.05, 0.1) is 12.7 Å². The molecular formula is C19H21BrClN3O2. The van der Waals surface area contributed by atoms with Gasteiger partial charge in [-0.25, -0.2) is 4.98 Å². The van der Waals surface area contributed by atoms with E-state index in [1.807, 2.05) is 17.0 Å². The Balaban J connectivity index is 1.50. The van der Waals surface area contributed by atoms with Crippen LogP contribution in [0.2, 0.25) is 5.15 Å². The van der Waals surface area contributed by atoms with Crippen LogP contribution in [0.4, 0.5) is 0 Å². The summed E-state index contributed by atoms with van der Waals surface area (Å²) in [5.74, 6) is 0.820. The van der Waals surface area contributed by atoms with Crippen LogP contribution in [0.3, 0.4) is 0 Å². The first kappa shape index (κ1) is 19.1. The zero-order chi connectivity index (χ0) is 18.5. The third-order valence-electron chi connectivity index (χ3n) is 4.57. The maximum absolute atomic E-state index is 12.7. The molecule has 1 aliphatic heterocycles. The van der Waals surface area contributed by atoms with Gasteiger partial charge < -0.3 is 9.64 Å². The minimum Gasteiger partial charge on any atom is -0.497 e. The lowest BCUT2D eigenvalue weighted by Gasteiger charge is -2.34. The van der Waals surface area contributed by atoms with E-state index in [1.165, 1.54) is 5.56 Å². The minimum atomic E-state index is -0.0568. The molecule has 2 heterocycles. The van der Waals surface area contributed by atoms with Crippen LogP contribution < -0.4 is 4.74 Å². The number of hydrogen-bond acceptors (Lipinski definition) is 4. The van der Waals surface area contributed by atoms with Crippen molar-refractivity contribution in [3.63, 3.8) is 0 Å². The van der Waals surface area contributed by atoms with Gasteiger partial charge in [-0.1, -0.05) is 23.7 Å². The van der Waals surface area contributed by atoms with Gasteiger partial charge in [-0.05, 0) is 46.1 Å². The summed E-state index contributed by atoms with van der Waals surface area (Å²) >= 11 is 9.42. The Hall–Kier alpha value is -1.63. The maximum atomic E-state index is 12.7. The second-order valence-electron chi connectivity index (χ2n) is 6.22. The number of methoxy groups -OCH3 is 1. The summed E-state index contributed by atoms with van der Waals surface area (Å²) in [6.45, 7) is 4.10. The molecule has 1 fully saturated rings.